The molecule has 0 heterocycles. The Bertz CT molecular complexity index is 356. The summed E-state index contributed by atoms with van der Waals surface area (Å²) in [6.07, 6.45) is -1.24. The Morgan fingerprint density at radius 3 is 2.79 bits per heavy atom. The molecule has 14 heavy (non-hydrogen) atoms. The number of benzene rings is 1. The first-order valence-corrected chi connectivity index (χ1v) is 4.16. The largest absolute Gasteiger partial charge is 0.464 e. The number of hydrogen-bond donors (Lipinski definition) is 3. The molecule has 1 aromatic rings. The second-order valence-corrected chi connectivity index (χ2v) is 2.92. The van der Waals surface area contributed by atoms with Gasteiger partial charge in [-0.05, 0) is 18.2 Å². The summed E-state index contributed by atoms with van der Waals surface area (Å²) in [6.45, 7) is 0. The maximum absolute atomic E-state index is 10.5. The second-order valence-electron chi connectivity index (χ2n) is 2.58. The molecule has 0 saturated heterocycles. The van der Waals surface area contributed by atoms with Crippen molar-refractivity contribution in [2.24, 2.45) is 0 Å². The van der Waals surface area contributed by atoms with Crippen LogP contribution in [0.5, 0.6) is 0 Å². The lowest BCUT2D eigenvalue weighted by molar-refractivity contribution is 0.206. The van der Waals surface area contributed by atoms with E-state index in [-0.39, 0.29) is 0 Å². The normalized spacial score (nSPS) is 9.57. The predicted octanol–water partition coefficient (Wildman–Crippen LogP) is 1.95. The minimum atomic E-state index is -1.24. The fourth-order valence-electron chi connectivity index (χ4n) is 0.993. The van der Waals surface area contributed by atoms with Gasteiger partial charge in [-0.1, -0.05) is 0 Å². The van der Waals surface area contributed by atoms with Gasteiger partial charge >= 0.3 is 6.09 Å². The molecule has 0 aromatic heterocycles. The number of carboxylic acid groups (broad SMARTS) is 1. The molecule has 6 heteroatoms. The van der Waals surface area contributed by atoms with Gasteiger partial charge in [-0.15, -0.1) is 0 Å². The van der Waals surface area contributed by atoms with Gasteiger partial charge in [0.1, 0.15) is 0 Å². The molecule has 1 amide bonds. The van der Waals surface area contributed by atoms with Crippen molar-refractivity contribution in [3.8, 4) is 0 Å². The van der Waals surface area contributed by atoms with Crippen LogP contribution in [0.4, 0.5) is 21.9 Å². The molecule has 0 bridgehead atoms. The third-order valence-electron chi connectivity index (χ3n) is 1.70. The zero-order valence-corrected chi connectivity index (χ0v) is 8.25. The number of halogens is 1. The second kappa shape index (κ2) is 4.06. The van der Waals surface area contributed by atoms with E-state index in [2.05, 4.69) is 5.32 Å². The molecule has 0 fully saturated rings. The quantitative estimate of drug-likeness (QED) is 0.521. The van der Waals surface area contributed by atoms with Crippen molar-refractivity contribution < 1.29 is 9.90 Å². The van der Waals surface area contributed by atoms with Crippen molar-refractivity contribution in [1.82, 2.24) is 0 Å². The Hall–Kier alpha value is -1.62. The summed E-state index contributed by atoms with van der Waals surface area (Å²) >= 11 is 5.49. The first kappa shape index (κ1) is 10.5. The Morgan fingerprint density at radius 2 is 2.29 bits per heavy atom. The molecule has 0 aliphatic heterocycles. The summed E-state index contributed by atoms with van der Waals surface area (Å²) in [5.41, 5.74) is 7.12. The van der Waals surface area contributed by atoms with Crippen LogP contribution in [-0.2, 0) is 0 Å². The van der Waals surface area contributed by atoms with E-state index in [4.69, 9.17) is 22.6 Å². The minimum absolute atomic E-state index is 0.345. The molecule has 0 saturated carbocycles. The molecule has 0 radical (unpaired) electrons. The Labute approximate surface area is 86.2 Å². The van der Waals surface area contributed by atoms with Crippen LogP contribution in [0.1, 0.15) is 0 Å². The van der Waals surface area contributed by atoms with Crippen LogP contribution in [0.15, 0.2) is 18.2 Å². The van der Waals surface area contributed by atoms with Crippen LogP contribution < -0.4 is 15.5 Å². The lowest BCUT2D eigenvalue weighted by Crippen LogP contribution is -2.17. The zero-order chi connectivity index (χ0) is 10.7. The maximum atomic E-state index is 10.5. The number of nitrogen functional groups attached to an aromatic ring is 1. The number of nitrogens with two attached hydrogens (primary N) is 1. The summed E-state index contributed by atoms with van der Waals surface area (Å²) in [4.78, 5) is 10.5. The predicted molar refractivity (Wildman–Crippen MR) is 56.8 cm³/mol. The third kappa shape index (κ3) is 2.00. The van der Waals surface area contributed by atoms with Gasteiger partial charge in [-0.25, -0.2) is 4.79 Å². The SMILES string of the molecule is CNc1cc(N(Cl)C(=O)O)ccc1N. The molecular formula is C8H10ClN3O2. The van der Waals surface area contributed by atoms with Gasteiger partial charge in [0.25, 0.3) is 0 Å². The Kier molecular flexibility index (Phi) is 3.03. The van der Waals surface area contributed by atoms with Crippen LogP contribution in [0, 0.1) is 0 Å². The molecule has 0 unspecified atom stereocenters. The first-order valence-electron chi connectivity index (χ1n) is 3.82. The van der Waals surface area contributed by atoms with Gasteiger partial charge in [0.2, 0.25) is 0 Å². The fraction of sp³-hybridized carbons (Fsp3) is 0.125. The van der Waals surface area contributed by atoms with Crippen molar-refractivity contribution in [2.75, 3.05) is 22.5 Å². The van der Waals surface area contributed by atoms with Crippen molar-refractivity contribution in [2.45, 2.75) is 0 Å². The number of hydrogen-bond acceptors (Lipinski definition) is 3. The molecule has 0 aliphatic rings. The first-order chi connectivity index (χ1) is 6.56. The van der Waals surface area contributed by atoms with Gasteiger partial charge < -0.3 is 16.2 Å². The van der Waals surface area contributed by atoms with E-state index in [0.29, 0.717) is 21.5 Å². The summed E-state index contributed by atoms with van der Waals surface area (Å²) in [7, 11) is 1.69. The summed E-state index contributed by atoms with van der Waals surface area (Å²) < 4.78 is 0.598. The molecule has 0 atom stereocenters. The van der Waals surface area contributed by atoms with E-state index in [0.717, 1.165) is 0 Å². The van der Waals surface area contributed by atoms with E-state index in [1.54, 1.807) is 19.2 Å². The average Bonchev–Trinajstić information content (AvgIpc) is 2.17. The van der Waals surface area contributed by atoms with Crippen molar-refractivity contribution in [3.63, 3.8) is 0 Å². The van der Waals surface area contributed by atoms with Crippen molar-refractivity contribution >= 4 is 34.9 Å². The monoisotopic (exact) mass is 215 g/mol. The summed E-state index contributed by atoms with van der Waals surface area (Å²) in [6, 6.07) is 4.66. The van der Waals surface area contributed by atoms with E-state index < -0.39 is 6.09 Å². The number of carbonyl (C=O) groups is 1. The highest BCUT2D eigenvalue weighted by Gasteiger charge is 2.12. The smallest absolute Gasteiger partial charge is 0.426 e. The average molecular weight is 216 g/mol. The molecule has 1 rings (SSSR count). The molecular weight excluding hydrogens is 206 g/mol. The summed E-state index contributed by atoms with van der Waals surface area (Å²) in [5, 5.41) is 11.4. The molecule has 5 nitrogen and oxygen atoms in total. The molecule has 1 aromatic carbocycles. The Balaban J connectivity index is 3.06. The van der Waals surface area contributed by atoms with Gasteiger partial charge in [-0.3, -0.25) is 0 Å². The highest BCUT2D eigenvalue weighted by Crippen LogP contribution is 2.26. The number of nitrogens with one attached hydrogen (secondary N) is 1. The summed E-state index contributed by atoms with van der Waals surface area (Å²) in [5.74, 6) is 0. The van der Waals surface area contributed by atoms with Gasteiger partial charge in [0.15, 0.2) is 0 Å². The highest BCUT2D eigenvalue weighted by molar-refractivity contribution is 6.35. The van der Waals surface area contributed by atoms with E-state index in [1.807, 2.05) is 0 Å². The topological polar surface area (TPSA) is 78.6 Å². The Morgan fingerprint density at radius 1 is 1.64 bits per heavy atom. The minimum Gasteiger partial charge on any atom is -0.464 e. The molecule has 4 N–H and O–H groups in total. The number of anilines is 3. The molecule has 0 spiro atoms. The van der Waals surface area contributed by atoms with Gasteiger partial charge in [-0.2, -0.15) is 4.42 Å². The van der Waals surface area contributed by atoms with Crippen LogP contribution in [0.25, 0.3) is 0 Å². The maximum Gasteiger partial charge on any atom is 0.426 e. The van der Waals surface area contributed by atoms with E-state index in [1.165, 1.54) is 6.07 Å². The van der Waals surface area contributed by atoms with E-state index in [9.17, 15) is 4.79 Å². The highest BCUT2D eigenvalue weighted by atomic mass is 35.5. The third-order valence-corrected chi connectivity index (χ3v) is 2.04. The number of rotatable bonds is 2. The van der Waals surface area contributed by atoms with Crippen molar-refractivity contribution in [1.29, 1.82) is 0 Å². The molecule has 0 aliphatic carbocycles. The number of nitrogens with zero attached hydrogens (tertiary/aromatic N) is 1. The van der Waals surface area contributed by atoms with E-state index >= 15 is 0 Å². The van der Waals surface area contributed by atoms with Crippen LogP contribution >= 0.6 is 11.8 Å². The fourth-order valence-corrected chi connectivity index (χ4v) is 1.10. The zero-order valence-electron chi connectivity index (χ0n) is 7.49. The van der Waals surface area contributed by atoms with Crippen LogP contribution in [-0.4, -0.2) is 18.2 Å². The van der Waals surface area contributed by atoms with Crippen molar-refractivity contribution in [3.05, 3.63) is 18.2 Å². The lowest BCUT2D eigenvalue weighted by atomic mass is 10.2. The van der Waals surface area contributed by atoms with Crippen LogP contribution in [0.3, 0.4) is 0 Å². The number of amides is 1. The molecule has 76 valence electrons. The van der Waals surface area contributed by atoms with Gasteiger partial charge in [0.05, 0.1) is 17.1 Å². The lowest BCUT2D eigenvalue weighted by Gasteiger charge is -2.12. The standard InChI is InChI=1S/C8H10ClN3O2/c1-11-7-4-5(2-3-6(7)10)12(9)8(13)14/h2-4,11H,10H2,1H3,(H,13,14). The van der Waals surface area contributed by atoms with Crippen LogP contribution in [0.2, 0.25) is 0 Å². The van der Waals surface area contributed by atoms with Gasteiger partial charge in [0, 0.05) is 18.8 Å².